The third-order valence-corrected chi connectivity index (χ3v) is 2.41. The van der Waals surface area contributed by atoms with Crippen molar-refractivity contribution in [1.29, 1.82) is 0 Å². The molecule has 11 heteroatoms. The fourth-order valence-electron chi connectivity index (χ4n) is 0.728. The summed E-state index contributed by atoms with van der Waals surface area (Å²) in [5.74, 6) is -6.14. The molecule has 0 heterocycles. The average molecular weight is 428 g/mol. The van der Waals surface area contributed by atoms with Crippen LogP contribution in [0.25, 0.3) is 0 Å². The highest BCUT2D eigenvalue weighted by molar-refractivity contribution is 5.89. The van der Waals surface area contributed by atoms with Gasteiger partial charge in [-0.2, -0.15) is 0 Å². The van der Waals surface area contributed by atoms with Gasteiger partial charge in [-0.3, -0.25) is 0 Å². The van der Waals surface area contributed by atoms with Crippen LogP contribution in [0.5, 0.6) is 17.2 Å². The van der Waals surface area contributed by atoms with Gasteiger partial charge < -0.3 is 35.7 Å². The second-order valence-corrected chi connectivity index (χ2v) is 5.42. The summed E-state index contributed by atoms with van der Waals surface area (Å²) in [7, 11) is 0. The number of phenols is 3. The van der Waals surface area contributed by atoms with E-state index in [1.165, 1.54) is 20.8 Å². The molecule has 7 N–H and O–H groups in total. The summed E-state index contributed by atoms with van der Waals surface area (Å²) in [6, 6.07) is 1.69. The largest absolute Gasteiger partial charge is 0.504 e. The van der Waals surface area contributed by atoms with Crippen molar-refractivity contribution in [2.24, 2.45) is 0 Å². The number of rotatable bonds is 4. The molecule has 0 saturated carbocycles. The van der Waals surface area contributed by atoms with E-state index in [4.69, 9.17) is 35.7 Å². The Morgan fingerprint density at radius 3 is 0.967 bits per heavy atom. The summed E-state index contributed by atoms with van der Waals surface area (Å²) < 4.78 is 0. The van der Waals surface area contributed by atoms with E-state index in [1.54, 1.807) is 0 Å². The van der Waals surface area contributed by atoms with Gasteiger partial charge in [-0.1, -0.05) is 19.7 Å². The summed E-state index contributed by atoms with van der Waals surface area (Å²) in [4.78, 5) is 39.1. The highest BCUT2D eigenvalue weighted by Gasteiger charge is 2.11. The molecule has 0 aromatic heterocycles. The molecule has 11 nitrogen and oxygen atoms in total. The molecule has 0 fully saturated rings. The van der Waals surface area contributed by atoms with Crippen LogP contribution in [0.2, 0.25) is 0 Å². The van der Waals surface area contributed by atoms with Crippen molar-refractivity contribution < 1.29 is 54.9 Å². The lowest BCUT2D eigenvalue weighted by Gasteiger charge is -2.01. The first-order chi connectivity index (χ1) is 13.4. The predicted molar refractivity (Wildman–Crippen MR) is 106 cm³/mol. The van der Waals surface area contributed by atoms with Crippen LogP contribution in [-0.2, 0) is 14.4 Å². The van der Waals surface area contributed by atoms with E-state index in [-0.39, 0.29) is 22.3 Å². The third kappa shape index (κ3) is 15.9. The standard InChI is InChI=1S/C7H6O5.3C4H6O2/c8-4-1-3(7(11)12)2-5(9)6(4)10;3*1-3(2)4(5)6/h1-2,8-10H,(H,11,12);3*1H2,2H3,(H,5,6). The zero-order chi connectivity index (χ0) is 24.8. The number of aromatic carboxylic acids is 1. The maximum absolute atomic E-state index is 10.3. The summed E-state index contributed by atoms with van der Waals surface area (Å²) in [6.45, 7) is 13.8. The molecule has 1 aromatic carbocycles. The molecule has 1 aromatic rings. The number of benzene rings is 1. The molecule has 0 amide bonds. The molecule has 0 bridgehead atoms. The fourth-order valence-corrected chi connectivity index (χ4v) is 0.728. The molecular weight excluding hydrogens is 404 g/mol. The Kier molecular flexibility index (Phi) is 15.0. The van der Waals surface area contributed by atoms with Crippen LogP contribution >= 0.6 is 0 Å². The molecule has 30 heavy (non-hydrogen) atoms. The quantitative estimate of drug-likeness (QED) is 0.273. The number of carboxylic acids is 4. The first-order valence-electron chi connectivity index (χ1n) is 7.60. The molecule has 0 aliphatic heterocycles. The van der Waals surface area contributed by atoms with Crippen molar-refractivity contribution in [3.63, 3.8) is 0 Å². The van der Waals surface area contributed by atoms with Gasteiger partial charge in [-0.15, -0.1) is 0 Å². The van der Waals surface area contributed by atoms with Crippen molar-refractivity contribution in [3.05, 3.63) is 54.2 Å². The average Bonchev–Trinajstić information content (AvgIpc) is 2.60. The first kappa shape index (κ1) is 30.4. The highest BCUT2D eigenvalue weighted by Crippen LogP contribution is 2.35. The number of aromatic hydroxyl groups is 3. The first-order valence-corrected chi connectivity index (χ1v) is 7.60. The van der Waals surface area contributed by atoms with E-state index in [0.29, 0.717) is 0 Å². The Morgan fingerprint density at radius 1 is 0.633 bits per heavy atom. The van der Waals surface area contributed by atoms with Crippen LogP contribution < -0.4 is 0 Å². The zero-order valence-corrected chi connectivity index (χ0v) is 16.5. The molecule has 0 aliphatic carbocycles. The Balaban J connectivity index is -0.000000349. The van der Waals surface area contributed by atoms with E-state index in [0.717, 1.165) is 12.1 Å². The minimum absolute atomic E-state index is 0.176. The van der Waals surface area contributed by atoms with Crippen molar-refractivity contribution in [3.8, 4) is 17.2 Å². The lowest BCUT2D eigenvalue weighted by molar-refractivity contribution is -0.133. The number of phenolic OH excluding ortho intramolecular Hbond substituents is 3. The normalized spacial score (nSPS) is 8.37. The Labute approximate surface area is 171 Å². The molecule has 1 rings (SSSR count). The van der Waals surface area contributed by atoms with Crippen molar-refractivity contribution in [2.75, 3.05) is 0 Å². The molecule has 0 spiro atoms. The summed E-state index contributed by atoms with van der Waals surface area (Å²) in [5.41, 5.74) is 0.239. The van der Waals surface area contributed by atoms with Crippen LogP contribution in [0.15, 0.2) is 48.6 Å². The van der Waals surface area contributed by atoms with Crippen LogP contribution in [-0.4, -0.2) is 59.6 Å². The van der Waals surface area contributed by atoms with Crippen molar-refractivity contribution in [1.82, 2.24) is 0 Å². The molecule has 0 radical (unpaired) electrons. The van der Waals surface area contributed by atoms with Gasteiger partial charge in [0.1, 0.15) is 0 Å². The molecule has 0 unspecified atom stereocenters. The van der Waals surface area contributed by atoms with E-state index in [9.17, 15) is 19.2 Å². The highest BCUT2D eigenvalue weighted by atomic mass is 16.4. The third-order valence-electron chi connectivity index (χ3n) is 2.41. The Bertz CT molecular complexity index is 719. The Morgan fingerprint density at radius 2 is 0.833 bits per heavy atom. The Hall–Kier alpha value is -4.28. The minimum Gasteiger partial charge on any atom is -0.504 e. The summed E-state index contributed by atoms with van der Waals surface area (Å²) >= 11 is 0. The van der Waals surface area contributed by atoms with Gasteiger partial charge in [0.05, 0.1) is 5.56 Å². The van der Waals surface area contributed by atoms with Gasteiger partial charge in [0.2, 0.25) is 0 Å². The van der Waals surface area contributed by atoms with Gasteiger partial charge in [0, 0.05) is 16.7 Å². The zero-order valence-electron chi connectivity index (χ0n) is 16.5. The SMILES string of the molecule is C=C(C)C(=O)O.C=C(C)C(=O)O.C=C(C)C(=O)O.O=C(O)c1cc(O)c(O)c(O)c1. The fraction of sp³-hybridized carbons (Fsp3) is 0.158. The van der Waals surface area contributed by atoms with Gasteiger partial charge in [0.25, 0.3) is 0 Å². The second kappa shape index (κ2) is 14.7. The van der Waals surface area contributed by atoms with Crippen LogP contribution in [0.1, 0.15) is 31.1 Å². The predicted octanol–water partition coefficient (Wildman–Crippen LogP) is 2.44. The van der Waals surface area contributed by atoms with Gasteiger partial charge >= 0.3 is 23.9 Å². The van der Waals surface area contributed by atoms with E-state index in [1.807, 2.05) is 0 Å². The van der Waals surface area contributed by atoms with Crippen LogP contribution in [0.3, 0.4) is 0 Å². The number of hydrogen-bond acceptors (Lipinski definition) is 7. The lowest BCUT2D eigenvalue weighted by Crippen LogP contribution is -1.95. The minimum atomic E-state index is -1.29. The maximum atomic E-state index is 10.3. The van der Waals surface area contributed by atoms with Gasteiger partial charge in [-0.05, 0) is 32.9 Å². The maximum Gasteiger partial charge on any atom is 0.335 e. The van der Waals surface area contributed by atoms with Crippen LogP contribution in [0, 0.1) is 0 Å². The molecule has 0 aliphatic rings. The summed E-state index contributed by atoms with van der Waals surface area (Å²) in [6.07, 6.45) is 0. The molecule has 166 valence electrons. The summed E-state index contributed by atoms with van der Waals surface area (Å²) in [5, 5.41) is 58.6. The van der Waals surface area contributed by atoms with E-state index in [2.05, 4.69) is 19.7 Å². The molecular formula is C19H24O11. The van der Waals surface area contributed by atoms with Gasteiger partial charge in [0.15, 0.2) is 17.2 Å². The van der Waals surface area contributed by atoms with Gasteiger partial charge in [-0.25, -0.2) is 19.2 Å². The molecule has 0 atom stereocenters. The monoisotopic (exact) mass is 428 g/mol. The smallest absolute Gasteiger partial charge is 0.335 e. The second-order valence-electron chi connectivity index (χ2n) is 5.42. The number of aliphatic carboxylic acids is 3. The van der Waals surface area contributed by atoms with Crippen LogP contribution in [0.4, 0.5) is 0 Å². The van der Waals surface area contributed by atoms with Crippen molar-refractivity contribution in [2.45, 2.75) is 20.8 Å². The van der Waals surface area contributed by atoms with E-state index < -0.39 is 41.1 Å². The van der Waals surface area contributed by atoms with E-state index >= 15 is 0 Å². The number of carboxylic acid groups (broad SMARTS) is 4. The number of hydrogen-bond donors (Lipinski definition) is 7. The lowest BCUT2D eigenvalue weighted by atomic mass is 10.2. The number of carbonyl (C=O) groups is 4. The van der Waals surface area contributed by atoms with Crippen molar-refractivity contribution >= 4 is 23.9 Å². The molecule has 0 saturated heterocycles. The topological polar surface area (TPSA) is 210 Å².